The molecule has 2 bridgehead atoms. The lowest BCUT2D eigenvalue weighted by atomic mass is 9.93. The summed E-state index contributed by atoms with van der Waals surface area (Å²) >= 11 is 0. The largest absolute Gasteiger partial charge is 0.490 e. The minimum Gasteiger partial charge on any atom is -0.490 e. The summed E-state index contributed by atoms with van der Waals surface area (Å²) in [6.45, 7) is 1.36. The number of benzene rings is 2. The third kappa shape index (κ3) is 11.1. The predicted molar refractivity (Wildman–Crippen MR) is 150 cm³/mol. The molecule has 0 unspecified atom stereocenters. The summed E-state index contributed by atoms with van der Waals surface area (Å²) in [6.07, 6.45) is 4.22. The van der Waals surface area contributed by atoms with Crippen LogP contribution in [0, 0.1) is 5.92 Å². The van der Waals surface area contributed by atoms with Crippen LogP contribution in [0.4, 0.5) is 8.78 Å². The molecule has 0 saturated heterocycles. The number of carbonyl (C=O) groups is 4. The molecule has 3 amide bonds. The number of Topliss-reactive ketones (excluding diaryl/α,β-unsaturated/α-hetero) is 1. The normalized spacial score (nSPS) is 21.1. The van der Waals surface area contributed by atoms with E-state index in [4.69, 9.17) is 4.74 Å². The summed E-state index contributed by atoms with van der Waals surface area (Å²) < 4.78 is 32.6. The van der Waals surface area contributed by atoms with Crippen LogP contribution < -0.4 is 20.7 Å². The van der Waals surface area contributed by atoms with Crippen LogP contribution in [0.25, 0.3) is 0 Å². The number of rotatable bonds is 8. The number of aryl methyl sites for hydroxylation is 1. The van der Waals surface area contributed by atoms with Gasteiger partial charge in [-0.1, -0.05) is 54.6 Å². The highest BCUT2D eigenvalue weighted by Crippen LogP contribution is 2.20. The molecule has 8 nitrogen and oxygen atoms in total. The van der Waals surface area contributed by atoms with Crippen molar-refractivity contribution in [3.63, 3.8) is 0 Å². The summed E-state index contributed by atoms with van der Waals surface area (Å²) in [4.78, 5) is 51.9. The zero-order valence-corrected chi connectivity index (χ0v) is 23.3. The molecule has 10 heteroatoms. The van der Waals surface area contributed by atoms with E-state index in [1.54, 1.807) is 30.4 Å². The number of hydrogen-bond donors (Lipinski definition) is 3. The Labute approximate surface area is 238 Å². The van der Waals surface area contributed by atoms with E-state index >= 15 is 0 Å². The van der Waals surface area contributed by atoms with Crippen molar-refractivity contribution in [1.82, 2.24) is 16.0 Å². The second kappa shape index (κ2) is 15.1. The minimum atomic E-state index is -3.13. The van der Waals surface area contributed by atoms with Crippen molar-refractivity contribution in [1.29, 1.82) is 0 Å². The van der Waals surface area contributed by atoms with Crippen LogP contribution in [0.2, 0.25) is 0 Å². The molecule has 0 aromatic heterocycles. The molecular weight excluding hydrogens is 532 g/mol. The van der Waals surface area contributed by atoms with E-state index < -0.39 is 48.2 Å². The molecule has 0 aliphatic carbocycles. The Morgan fingerprint density at radius 2 is 1.78 bits per heavy atom. The molecule has 0 radical (unpaired) electrons. The van der Waals surface area contributed by atoms with Gasteiger partial charge < -0.3 is 25.5 Å². The number of ether oxygens (including phenoxy) is 1. The van der Waals surface area contributed by atoms with Gasteiger partial charge in [0.15, 0.2) is 0 Å². The van der Waals surface area contributed by atoms with E-state index in [0.29, 0.717) is 19.1 Å². The lowest BCUT2D eigenvalue weighted by Gasteiger charge is -2.25. The van der Waals surface area contributed by atoms with Gasteiger partial charge in [-0.15, -0.1) is 0 Å². The first-order chi connectivity index (χ1) is 19.5. The first kappa shape index (κ1) is 31.4. The lowest BCUT2D eigenvalue weighted by Crippen LogP contribution is -2.55. The van der Waals surface area contributed by atoms with Gasteiger partial charge in [-0.3, -0.25) is 14.4 Å². The molecule has 3 rings (SSSR count). The molecule has 0 spiro atoms. The molecule has 3 atom stereocenters. The van der Waals surface area contributed by atoms with Crippen molar-refractivity contribution in [2.75, 3.05) is 13.2 Å². The maximum absolute atomic E-state index is 13.5. The quantitative estimate of drug-likeness (QED) is 0.421. The molecule has 41 heavy (non-hydrogen) atoms. The van der Waals surface area contributed by atoms with Crippen LogP contribution in [-0.4, -0.2) is 54.7 Å². The van der Waals surface area contributed by atoms with Gasteiger partial charge in [0, 0.05) is 19.3 Å². The Hall–Kier alpha value is -4.08. The maximum Gasteiger partial charge on any atom is 0.262 e. The number of hydrogen-bond acceptors (Lipinski definition) is 5. The maximum atomic E-state index is 13.5. The highest BCUT2D eigenvalue weighted by Gasteiger charge is 2.30. The molecule has 2 aromatic carbocycles. The van der Waals surface area contributed by atoms with Crippen molar-refractivity contribution in [2.45, 2.75) is 64.0 Å². The lowest BCUT2D eigenvalue weighted by molar-refractivity contribution is -0.134. The number of carbonyl (C=O) groups excluding carboxylic acids is 4. The van der Waals surface area contributed by atoms with Crippen LogP contribution in [0.5, 0.6) is 5.75 Å². The number of ketones is 1. The Morgan fingerprint density at radius 1 is 1.02 bits per heavy atom. The second-order valence-electron chi connectivity index (χ2n) is 10.4. The highest BCUT2D eigenvalue weighted by atomic mass is 19.3. The molecular formula is C31H37F2N3O5. The van der Waals surface area contributed by atoms with Crippen LogP contribution in [0.1, 0.15) is 44.2 Å². The van der Waals surface area contributed by atoms with Crippen molar-refractivity contribution in [2.24, 2.45) is 5.92 Å². The third-order valence-electron chi connectivity index (χ3n) is 6.57. The predicted octanol–water partition coefficient (Wildman–Crippen LogP) is 3.54. The van der Waals surface area contributed by atoms with Gasteiger partial charge in [0.2, 0.25) is 17.7 Å². The Morgan fingerprint density at radius 3 is 2.49 bits per heavy atom. The fraction of sp³-hybridized carbons (Fsp3) is 0.419. The number of alkyl halides is 2. The molecule has 220 valence electrons. The average Bonchev–Trinajstić information content (AvgIpc) is 2.92. The van der Waals surface area contributed by atoms with E-state index in [2.05, 4.69) is 16.0 Å². The van der Waals surface area contributed by atoms with Crippen molar-refractivity contribution >= 4 is 23.5 Å². The van der Waals surface area contributed by atoms with Crippen LogP contribution in [0.15, 0.2) is 66.7 Å². The summed E-state index contributed by atoms with van der Waals surface area (Å²) in [5.41, 5.74) is 1.75. The van der Waals surface area contributed by atoms with Crippen molar-refractivity contribution < 1.29 is 32.7 Å². The summed E-state index contributed by atoms with van der Waals surface area (Å²) in [5, 5.41) is 7.61. The summed E-state index contributed by atoms with van der Waals surface area (Å²) in [5.74, 6) is -5.36. The highest BCUT2D eigenvalue weighted by molar-refractivity contribution is 5.93. The monoisotopic (exact) mass is 569 g/mol. The topological polar surface area (TPSA) is 114 Å². The molecule has 1 heterocycles. The van der Waals surface area contributed by atoms with Gasteiger partial charge in [-0.05, 0) is 55.9 Å². The molecule has 3 N–H and O–H groups in total. The van der Waals surface area contributed by atoms with Crippen molar-refractivity contribution in [3.05, 3.63) is 77.9 Å². The number of halogens is 2. The molecule has 0 saturated carbocycles. The molecule has 1 aliphatic rings. The standard InChI is InChI=1S/C31H37F2N3O5/c1-21(37)17-24-18-23-11-8-12-25(19-23)41-16-7-6-13-26(29(39)34-20-31(2,32)33)36-30(40)27(35-28(24)38)15-14-22-9-4-3-5-10-22/h3-12,19,24,26-27H,13-18,20H2,1-2H3,(H,34,39)(H,35,38)(H,36,40)/b7-6+/t24-,26-,27-/m0/s1. The number of nitrogens with one attached hydrogen (secondary N) is 3. The third-order valence-corrected chi connectivity index (χ3v) is 6.57. The fourth-order valence-electron chi connectivity index (χ4n) is 4.48. The number of amides is 3. The summed E-state index contributed by atoms with van der Waals surface area (Å²) in [6, 6.07) is 14.4. The van der Waals surface area contributed by atoms with Gasteiger partial charge in [0.25, 0.3) is 5.92 Å². The minimum absolute atomic E-state index is 0.0164. The van der Waals surface area contributed by atoms with E-state index in [9.17, 15) is 28.0 Å². The van der Waals surface area contributed by atoms with Gasteiger partial charge in [0.1, 0.15) is 30.2 Å². The first-order valence-electron chi connectivity index (χ1n) is 13.7. The van der Waals surface area contributed by atoms with E-state index in [0.717, 1.165) is 11.1 Å². The average molecular weight is 570 g/mol. The molecule has 2 aromatic rings. The van der Waals surface area contributed by atoms with Gasteiger partial charge in [-0.25, -0.2) is 8.78 Å². The Bertz CT molecular complexity index is 1230. The Balaban J connectivity index is 1.91. The van der Waals surface area contributed by atoms with E-state index in [1.165, 1.54) is 6.92 Å². The van der Waals surface area contributed by atoms with Crippen LogP contribution in [0.3, 0.4) is 0 Å². The van der Waals surface area contributed by atoms with E-state index in [-0.39, 0.29) is 38.1 Å². The number of fused-ring (bicyclic) bond motifs is 2. The zero-order valence-electron chi connectivity index (χ0n) is 23.3. The Kier molecular flexibility index (Phi) is 11.6. The van der Waals surface area contributed by atoms with Crippen molar-refractivity contribution in [3.8, 4) is 5.75 Å². The van der Waals surface area contributed by atoms with Gasteiger partial charge >= 0.3 is 0 Å². The fourth-order valence-corrected chi connectivity index (χ4v) is 4.48. The van der Waals surface area contributed by atoms with Crippen LogP contribution in [-0.2, 0) is 32.0 Å². The smallest absolute Gasteiger partial charge is 0.262 e. The second-order valence-corrected chi connectivity index (χ2v) is 10.4. The van der Waals surface area contributed by atoms with E-state index in [1.807, 2.05) is 36.4 Å². The SMILES string of the molecule is CC(=O)C[C@H]1Cc2cccc(c2)OC/C=C/C[C@@H](C(=O)NCC(C)(F)F)NC(=O)[C@H](CCc2ccccc2)NC1=O. The van der Waals surface area contributed by atoms with Crippen LogP contribution >= 0.6 is 0 Å². The zero-order chi connectivity index (χ0) is 29.8. The molecule has 1 aliphatic heterocycles. The van der Waals surface area contributed by atoms with Gasteiger partial charge in [0.05, 0.1) is 6.54 Å². The molecule has 0 fully saturated rings. The summed E-state index contributed by atoms with van der Waals surface area (Å²) in [7, 11) is 0. The first-order valence-corrected chi connectivity index (χ1v) is 13.7. The van der Waals surface area contributed by atoms with Gasteiger partial charge in [-0.2, -0.15) is 0 Å².